The van der Waals surface area contributed by atoms with Crippen molar-refractivity contribution in [3.8, 4) is 0 Å². The number of fused-ring (bicyclic) bond motifs is 5. The number of nitrogens with zero attached hydrogens (tertiary/aromatic N) is 5. The molecule has 6 nitrogen and oxygen atoms in total. The number of halogens is 1. The lowest BCUT2D eigenvalue weighted by atomic mass is 10.1. The third-order valence-corrected chi connectivity index (χ3v) is 6.97. The van der Waals surface area contributed by atoms with E-state index in [1.54, 1.807) is 10.8 Å². The Balaban J connectivity index is 1.41. The minimum absolute atomic E-state index is 0.226. The van der Waals surface area contributed by atoms with E-state index in [9.17, 15) is 0 Å². The molecule has 0 fully saturated rings. The largest absolute Gasteiger partial charge is 0.387 e. The predicted molar refractivity (Wildman–Crippen MR) is 119 cm³/mol. The van der Waals surface area contributed by atoms with Crippen LogP contribution in [0, 0.1) is 0 Å². The fourth-order valence-electron chi connectivity index (χ4n) is 3.77. The van der Waals surface area contributed by atoms with Crippen molar-refractivity contribution in [3.05, 3.63) is 56.9 Å². The van der Waals surface area contributed by atoms with Crippen LogP contribution >= 0.6 is 27.3 Å². The van der Waals surface area contributed by atoms with Crippen LogP contribution in [0.4, 0.5) is 0 Å². The maximum absolute atomic E-state index is 5.54. The SMILES string of the molecule is C/C(=N/OCc1nc2c3c4c(sc3ncn2n1)CCCCC4)c1ccc(Br)cc1. The highest BCUT2D eigenvalue weighted by Crippen LogP contribution is 2.36. The molecule has 4 aromatic rings. The molecule has 0 bridgehead atoms. The molecule has 0 saturated heterocycles. The van der Waals surface area contributed by atoms with E-state index in [1.165, 1.54) is 35.1 Å². The van der Waals surface area contributed by atoms with E-state index in [-0.39, 0.29) is 6.61 Å². The van der Waals surface area contributed by atoms with Crippen LogP contribution in [-0.4, -0.2) is 25.3 Å². The fraction of sp³-hybridized carbons (Fsp3) is 0.333. The molecule has 0 atom stereocenters. The summed E-state index contributed by atoms with van der Waals surface area (Å²) in [5.74, 6) is 0.611. The summed E-state index contributed by atoms with van der Waals surface area (Å²) < 4.78 is 2.81. The summed E-state index contributed by atoms with van der Waals surface area (Å²) in [7, 11) is 0. The van der Waals surface area contributed by atoms with Gasteiger partial charge in [-0.1, -0.05) is 39.6 Å². The van der Waals surface area contributed by atoms with E-state index in [2.05, 4.69) is 31.2 Å². The lowest BCUT2D eigenvalue weighted by Gasteiger charge is -2.01. The summed E-state index contributed by atoms with van der Waals surface area (Å²) in [4.78, 5) is 17.4. The number of thiophene rings is 1. The summed E-state index contributed by atoms with van der Waals surface area (Å²) in [6, 6.07) is 7.97. The average molecular weight is 470 g/mol. The lowest BCUT2D eigenvalue weighted by Crippen LogP contribution is -1.97. The maximum atomic E-state index is 5.54. The Hall–Kier alpha value is -2.32. The third-order valence-electron chi connectivity index (χ3n) is 5.24. The second-order valence-electron chi connectivity index (χ2n) is 7.24. The molecule has 148 valence electrons. The van der Waals surface area contributed by atoms with Crippen LogP contribution < -0.4 is 0 Å². The van der Waals surface area contributed by atoms with E-state index in [1.807, 2.05) is 42.5 Å². The minimum Gasteiger partial charge on any atom is -0.387 e. The van der Waals surface area contributed by atoms with Crippen molar-refractivity contribution in [1.29, 1.82) is 0 Å². The van der Waals surface area contributed by atoms with Crippen LogP contribution in [0.25, 0.3) is 15.9 Å². The summed E-state index contributed by atoms with van der Waals surface area (Å²) in [6.07, 6.45) is 7.79. The number of rotatable bonds is 4. The van der Waals surface area contributed by atoms with Crippen molar-refractivity contribution < 1.29 is 4.84 Å². The Kier molecular flexibility index (Phi) is 5.05. The topological polar surface area (TPSA) is 64.7 Å². The van der Waals surface area contributed by atoms with Crippen LogP contribution in [0.5, 0.6) is 0 Å². The monoisotopic (exact) mass is 469 g/mol. The van der Waals surface area contributed by atoms with Gasteiger partial charge in [0, 0.05) is 9.35 Å². The normalized spacial score (nSPS) is 14.9. The van der Waals surface area contributed by atoms with Crippen LogP contribution in [0.3, 0.4) is 0 Å². The summed E-state index contributed by atoms with van der Waals surface area (Å²) in [5.41, 5.74) is 4.13. The van der Waals surface area contributed by atoms with Gasteiger partial charge in [-0.15, -0.1) is 16.4 Å². The van der Waals surface area contributed by atoms with Crippen LogP contribution in [0.15, 0.2) is 40.2 Å². The van der Waals surface area contributed by atoms with Gasteiger partial charge in [0.2, 0.25) is 0 Å². The van der Waals surface area contributed by atoms with Gasteiger partial charge in [0.25, 0.3) is 0 Å². The molecule has 0 spiro atoms. The Morgan fingerprint density at radius 3 is 2.90 bits per heavy atom. The summed E-state index contributed by atoms with van der Waals surface area (Å²) in [5, 5.41) is 9.94. The quantitative estimate of drug-likeness (QED) is 0.230. The average Bonchev–Trinajstić information content (AvgIpc) is 3.21. The first-order valence-electron chi connectivity index (χ1n) is 9.76. The van der Waals surface area contributed by atoms with Crippen LogP contribution in [-0.2, 0) is 24.3 Å². The zero-order valence-electron chi connectivity index (χ0n) is 16.1. The van der Waals surface area contributed by atoms with Gasteiger partial charge < -0.3 is 4.84 Å². The molecule has 3 heterocycles. The Morgan fingerprint density at radius 2 is 2.03 bits per heavy atom. The Labute approximate surface area is 180 Å². The van der Waals surface area contributed by atoms with Gasteiger partial charge >= 0.3 is 0 Å². The number of aryl methyl sites for hydroxylation is 2. The van der Waals surface area contributed by atoms with Gasteiger partial charge in [-0.3, -0.25) is 0 Å². The van der Waals surface area contributed by atoms with E-state index in [0.717, 1.165) is 39.1 Å². The molecule has 0 saturated carbocycles. The molecule has 0 amide bonds. The minimum atomic E-state index is 0.226. The van der Waals surface area contributed by atoms with E-state index >= 15 is 0 Å². The lowest BCUT2D eigenvalue weighted by molar-refractivity contribution is 0.125. The third kappa shape index (κ3) is 3.67. The van der Waals surface area contributed by atoms with Gasteiger partial charge in [-0.05, 0) is 55.9 Å². The molecule has 0 aliphatic heterocycles. The summed E-state index contributed by atoms with van der Waals surface area (Å²) in [6.45, 7) is 2.15. The van der Waals surface area contributed by atoms with E-state index in [4.69, 9.17) is 9.82 Å². The molecule has 1 aliphatic rings. The number of hydrogen-bond donors (Lipinski definition) is 0. The molecule has 1 aliphatic carbocycles. The van der Waals surface area contributed by atoms with Gasteiger partial charge in [0.15, 0.2) is 18.1 Å². The zero-order valence-corrected chi connectivity index (χ0v) is 18.5. The number of hydrogen-bond acceptors (Lipinski definition) is 6. The first kappa shape index (κ1) is 18.7. The van der Waals surface area contributed by atoms with Gasteiger partial charge in [0.1, 0.15) is 11.2 Å². The molecule has 0 radical (unpaired) electrons. The smallest absolute Gasteiger partial charge is 0.192 e. The molecule has 0 N–H and O–H groups in total. The number of benzene rings is 1. The van der Waals surface area contributed by atoms with Crippen molar-refractivity contribution in [1.82, 2.24) is 19.6 Å². The number of aromatic nitrogens is 4. The zero-order chi connectivity index (χ0) is 19.8. The maximum Gasteiger partial charge on any atom is 0.192 e. The van der Waals surface area contributed by atoms with Crippen molar-refractivity contribution >= 4 is 48.8 Å². The second kappa shape index (κ2) is 7.84. The molecule has 3 aromatic heterocycles. The second-order valence-corrected chi connectivity index (χ2v) is 9.24. The first-order valence-corrected chi connectivity index (χ1v) is 11.4. The van der Waals surface area contributed by atoms with E-state index < -0.39 is 0 Å². The Morgan fingerprint density at radius 1 is 1.21 bits per heavy atom. The van der Waals surface area contributed by atoms with Crippen molar-refractivity contribution in [3.63, 3.8) is 0 Å². The molecule has 29 heavy (non-hydrogen) atoms. The van der Waals surface area contributed by atoms with Gasteiger partial charge in [0.05, 0.1) is 11.1 Å². The molecule has 0 unspecified atom stereocenters. The van der Waals surface area contributed by atoms with E-state index in [0.29, 0.717) is 5.82 Å². The predicted octanol–water partition coefficient (Wildman–Crippen LogP) is 5.31. The highest BCUT2D eigenvalue weighted by atomic mass is 79.9. The standard InChI is InChI=1S/C21H20BrN5OS/c1-13(14-7-9-15(22)10-8-14)26-28-11-18-24-20-19-16-5-3-2-4-6-17(16)29-21(19)23-12-27(20)25-18/h7-10,12H,2-6,11H2,1H3/b26-13-. The highest BCUT2D eigenvalue weighted by molar-refractivity contribution is 9.10. The van der Waals surface area contributed by atoms with Gasteiger partial charge in [-0.25, -0.2) is 14.5 Å². The molecule has 5 rings (SSSR count). The van der Waals surface area contributed by atoms with Crippen LogP contribution in [0.2, 0.25) is 0 Å². The summed E-state index contributed by atoms with van der Waals surface area (Å²) >= 11 is 5.25. The molecule has 8 heteroatoms. The molecular formula is C21H20BrN5OS. The van der Waals surface area contributed by atoms with Crippen molar-refractivity contribution in [2.45, 2.75) is 45.6 Å². The van der Waals surface area contributed by atoms with Crippen molar-refractivity contribution in [2.75, 3.05) is 0 Å². The highest BCUT2D eigenvalue weighted by Gasteiger charge is 2.20. The molecular weight excluding hydrogens is 450 g/mol. The fourth-order valence-corrected chi connectivity index (χ4v) is 5.26. The van der Waals surface area contributed by atoms with Crippen molar-refractivity contribution in [2.24, 2.45) is 5.16 Å². The van der Waals surface area contributed by atoms with Crippen LogP contribution in [0.1, 0.15) is 48.0 Å². The number of oxime groups is 1. The Bertz CT molecular complexity index is 1210. The van der Waals surface area contributed by atoms with Gasteiger partial charge in [-0.2, -0.15) is 0 Å². The molecule has 1 aromatic carbocycles. The first-order chi connectivity index (χ1) is 14.2.